The highest BCUT2D eigenvalue weighted by Crippen LogP contribution is 2.35. The van der Waals surface area contributed by atoms with E-state index < -0.39 is 0 Å². The molecule has 0 radical (unpaired) electrons. The van der Waals surface area contributed by atoms with E-state index in [1.54, 1.807) is 0 Å². The fraction of sp³-hybridized carbons (Fsp3) is 0.792. The molecule has 0 fully saturated rings. The number of hydrogen-bond acceptors (Lipinski definition) is 5. The van der Waals surface area contributed by atoms with E-state index in [1.807, 2.05) is 13.1 Å². The number of anilines is 1. The van der Waals surface area contributed by atoms with Crippen LogP contribution in [0.5, 0.6) is 0 Å². The minimum atomic E-state index is 0.732. The van der Waals surface area contributed by atoms with Crippen LogP contribution >= 0.6 is 0 Å². The predicted octanol–water partition coefficient (Wildman–Crippen LogP) is 24.9. The van der Waals surface area contributed by atoms with Crippen LogP contribution in [0.1, 0.15) is 342 Å². The molecule has 82 heavy (non-hydrogen) atoms. The molecule has 1 N–H and O–H groups in total. The number of aryl methyl sites for hydroxylation is 1. The van der Waals surface area contributed by atoms with Crippen molar-refractivity contribution in [2.24, 2.45) is 22.7 Å². The smallest absolute Gasteiger partial charge is 0.156 e. The van der Waals surface area contributed by atoms with Crippen molar-refractivity contribution in [1.29, 1.82) is 0 Å². The topological polar surface area (TPSA) is 43.8 Å². The van der Waals surface area contributed by atoms with Gasteiger partial charge in [0.2, 0.25) is 0 Å². The number of hydrogen-bond donors (Lipinski definition) is 1. The van der Waals surface area contributed by atoms with Gasteiger partial charge in [0.25, 0.3) is 0 Å². The van der Waals surface area contributed by atoms with Crippen molar-refractivity contribution >= 4 is 23.8 Å². The van der Waals surface area contributed by atoms with Crippen LogP contribution < -0.4 is 5.32 Å². The molecule has 2 rings (SSSR count). The third-order valence-corrected chi connectivity index (χ3v) is 17.4. The fourth-order valence-electron chi connectivity index (χ4n) is 11.5. The van der Waals surface area contributed by atoms with Gasteiger partial charge in [0.05, 0.1) is 5.69 Å². The maximum atomic E-state index is 5.07. The molecule has 474 valence electrons. The second-order valence-electron chi connectivity index (χ2n) is 25.9. The standard InChI is InChI=1S/C72H129N5.C5H12/c1-9-13-16-18-19-20-21-22-23-24-26-30-36-47-59-76(60-48-37-31-27-25-28-34-42-54-65(5)52-40-15-11-3)63-51-64-77(61-49-38-32-29-35-43-55-66(6)53-41-33-17-14-10-2)62-50-39-44-56-67(7)74-72-71(73-12-4)68(8)69-57-45-46-58-70(69)75-72;1-4-5(2)3/h12,19-22,41,45,53,57,65-66H,7,9-11,13-18,23-40,42-44,46-52,54-56,58-64H2,1-6,8H3,(H,74,75);5H,4H2,1-3H3/b20-19+,22-21+,53-41+,73-12?;. The van der Waals surface area contributed by atoms with E-state index >= 15 is 0 Å². The van der Waals surface area contributed by atoms with Gasteiger partial charge in [0.1, 0.15) is 5.69 Å². The van der Waals surface area contributed by atoms with Crippen molar-refractivity contribution in [2.75, 3.05) is 44.6 Å². The molecule has 1 aromatic rings. The zero-order valence-electron chi connectivity index (χ0n) is 56.9. The molecule has 0 aliphatic heterocycles. The zero-order chi connectivity index (χ0) is 59.8. The molecule has 1 aromatic heterocycles. The van der Waals surface area contributed by atoms with Crippen LogP contribution in [0.3, 0.4) is 0 Å². The maximum Gasteiger partial charge on any atom is 0.156 e. The molecule has 2 unspecified atom stereocenters. The molecule has 0 spiro atoms. The van der Waals surface area contributed by atoms with Crippen LogP contribution in [0, 0.1) is 24.7 Å². The second kappa shape index (κ2) is 57.3. The van der Waals surface area contributed by atoms with Crippen LogP contribution in [0.15, 0.2) is 59.8 Å². The lowest BCUT2D eigenvalue weighted by molar-refractivity contribution is 0.215. The summed E-state index contributed by atoms with van der Waals surface area (Å²) in [5, 5.41) is 3.61. The van der Waals surface area contributed by atoms with Crippen molar-refractivity contribution in [3.05, 3.63) is 71.6 Å². The second-order valence-corrected chi connectivity index (χ2v) is 25.9. The van der Waals surface area contributed by atoms with Gasteiger partial charge in [0.15, 0.2) is 5.82 Å². The first-order chi connectivity index (χ1) is 40.1. The van der Waals surface area contributed by atoms with E-state index in [4.69, 9.17) is 9.98 Å². The van der Waals surface area contributed by atoms with Gasteiger partial charge in [-0.2, -0.15) is 0 Å². The molecule has 1 heterocycles. The molecule has 0 saturated carbocycles. The minimum Gasteiger partial charge on any atom is -0.343 e. The molecule has 0 bridgehead atoms. The van der Waals surface area contributed by atoms with Gasteiger partial charge >= 0.3 is 0 Å². The molecule has 0 aromatic carbocycles. The van der Waals surface area contributed by atoms with Gasteiger partial charge in [-0.05, 0) is 179 Å². The van der Waals surface area contributed by atoms with E-state index in [0.29, 0.717) is 0 Å². The van der Waals surface area contributed by atoms with Crippen molar-refractivity contribution in [3.8, 4) is 0 Å². The molecule has 5 nitrogen and oxygen atoms in total. The summed E-state index contributed by atoms with van der Waals surface area (Å²) in [7, 11) is 0. The highest BCUT2D eigenvalue weighted by Gasteiger charge is 2.17. The summed E-state index contributed by atoms with van der Waals surface area (Å²) in [5.41, 5.74) is 5.65. The molecule has 5 heteroatoms. The van der Waals surface area contributed by atoms with Crippen molar-refractivity contribution in [2.45, 2.75) is 339 Å². The Balaban J connectivity index is 0.00000642. The van der Waals surface area contributed by atoms with Crippen LogP contribution in [0.4, 0.5) is 11.5 Å². The molecule has 2 atom stereocenters. The molecular formula is C77H141N5. The highest BCUT2D eigenvalue weighted by molar-refractivity contribution is 5.78. The number of unbranched alkanes of at least 4 members (excludes halogenated alkanes) is 27. The summed E-state index contributed by atoms with van der Waals surface area (Å²) in [6.07, 6.45) is 76.6. The summed E-state index contributed by atoms with van der Waals surface area (Å²) in [5.74, 6) is 3.42. The lowest BCUT2D eigenvalue weighted by Crippen LogP contribution is -2.32. The van der Waals surface area contributed by atoms with Crippen molar-refractivity contribution in [1.82, 2.24) is 14.8 Å². The Bertz CT molecular complexity index is 1730. The Labute approximate surface area is 513 Å². The molecular weight excluding hydrogens is 995 g/mol. The van der Waals surface area contributed by atoms with Gasteiger partial charge < -0.3 is 15.1 Å². The third kappa shape index (κ3) is 45.6. The van der Waals surface area contributed by atoms with Crippen LogP contribution in [0.2, 0.25) is 0 Å². The van der Waals surface area contributed by atoms with Crippen molar-refractivity contribution < 1.29 is 0 Å². The number of rotatable bonds is 56. The summed E-state index contributed by atoms with van der Waals surface area (Å²) in [4.78, 5) is 15.6. The lowest BCUT2D eigenvalue weighted by atomic mass is 9.96. The van der Waals surface area contributed by atoms with Crippen LogP contribution in [0.25, 0.3) is 6.08 Å². The lowest BCUT2D eigenvalue weighted by Gasteiger charge is -2.26. The number of nitrogens with one attached hydrogen (secondary N) is 1. The van der Waals surface area contributed by atoms with Gasteiger partial charge in [-0.15, -0.1) is 0 Å². The Morgan fingerprint density at radius 1 is 0.561 bits per heavy atom. The first kappa shape index (κ1) is 77.3. The molecule has 1 aliphatic carbocycles. The average molecular weight is 1140 g/mol. The minimum absolute atomic E-state index is 0.732. The largest absolute Gasteiger partial charge is 0.343 e. The van der Waals surface area contributed by atoms with Gasteiger partial charge in [-0.3, -0.25) is 4.99 Å². The van der Waals surface area contributed by atoms with Gasteiger partial charge in [-0.25, -0.2) is 4.98 Å². The first-order valence-electron chi connectivity index (χ1n) is 36.2. The number of allylic oxidation sites excluding steroid dienone is 8. The average Bonchev–Trinajstić information content (AvgIpc) is 3.57. The SMILES string of the molecule is C=C(CCCCCN(CCCCCCCCC(C)/C=C/CCCCC)CCCN(CCCCCCC/C=C/C=C/CCCCC)CCCCCCCCCCC(C)CCCCC)Nc1nc2c(c(C)c1N=CC)C=CCC2.CCC(C)C. The maximum absolute atomic E-state index is 5.07. The van der Waals surface area contributed by atoms with E-state index in [1.165, 1.54) is 300 Å². The Morgan fingerprint density at radius 3 is 1.50 bits per heavy atom. The number of nitrogens with zero attached hydrogens (tertiary/aromatic N) is 4. The van der Waals surface area contributed by atoms with E-state index in [0.717, 1.165) is 60.6 Å². The normalized spacial score (nSPS) is 13.5. The summed E-state index contributed by atoms with van der Waals surface area (Å²) >= 11 is 0. The highest BCUT2D eigenvalue weighted by atomic mass is 15.1. The number of pyridine rings is 1. The van der Waals surface area contributed by atoms with Gasteiger partial charge in [-0.1, -0.05) is 278 Å². The number of fused-ring (bicyclic) bond motifs is 1. The summed E-state index contributed by atoms with van der Waals surface area (Å²) in [6, 6.07) is 0. The summed E-state index contributed by atoms with van der Waals surface area (Å²) in [6.45, 7) is 34.7. The van der Waals surface area contributed by atoms with Crippen LogP contribution in [-0.4, -0.2) is 60.3 Å². The molecule has 0 amide bonds. The van der Waals surface area contributed by atoms with E-state index in [-0.39, 0.29) is 0 Å². The van der Waals surface area contributed by atoms with E-state index in [2.05, 4.69) is 133 Å². The Hall–Kier alpha value is -2.76. The number of aromatic nitrogens is 1. The Kier molecular flexibility index (Phi) is 54.0. The zero-order valence-corrected chi connectivity index (χ0v) is 56.9. The molecule has 1 aliphatic rings. The Morgan fingerprint density at radius 2 is 0.988 bits per heavy atom. The molecule has 0 saturated heterocycles. The van der Waals surface area contributed by atoms with Crippen molar-refractivity contribution in [3.63, 3.8) is 0 Å². The monoisotopic (exact) mass is 1140 g/mol. The first-order valence-corrected chi connectivity index (χ1v) is 36.2. The van der Waals surface area contributed by atoms with E-state index in [9.17, 15) is 0 Å². The van der Waals surface area contributed by atoms with Gasteiger partial charge in [0, 0.05) is 17.5 Å². The third-order valence-electron chi connectivity index (χ3n) is 17.4. The predicted molar refractivity (Wildman–Crippen MR) is 374 cm³/mol. The quantitative estimate of drug-likeness (QED) is 0.0306. The summed E-state index contributed by atoms with van der Waals surface area (Å²) < 4.78 is 0. The number of aliphatic imine (C=N–C) groups is 1. The fourth-order valence-corrected chi connectivity index (χ4v) is 11.5. The van der Waals surface area contributed by atoms with Crippen LogP contribution in [-0.2, 0) is 6.42 Å².